The number of carbonyl (C=O) groups excluding carboxylic acids is 1. The highest BCUT2D eigenvalue weighted by molar-refractivity contribution is 5.97. The smallest absolute Gasteiger partial charge is 0.335 e. The molecule has 1 aliphatic rings. The van der Waals surface area contributed by atoms with E-state index in [1.54, 1.807) is 19.1 Å². The van der Waals surface area contributed by atoms with E-state index in [1.807, 2.05) is 0 Å². The number of carboxylic acids is 1. The lowest BCUT2D eigenvalue weighted by Crippen LogP contribution is -2.40. The summed E-state index contributed by atoms with van der Waals surface area (Å²) in [7, 11) is 0. The van der Waals surface area contributed by atoms with Crippen LogP contribution in [0, 0.1) is 12.3 Å². The Morgan fingerprint density at radius 2 is 1.89 bits per heavy atom. The van der Waals surface area contributed by atoms with Crippen molar-refractivity contribution in [3.8, 4) is 0 Å². The van der Waals surface area contributed by atoms with Crippen LogP contribution in [0.1, 0.15) is 52.5 Å². The van der Waals surface area contributed by atoms with Crippen LogP contribution in [-0.2, 0) is 0 Å². The summed E-state index contributed by atoms with van der Waals surface area (Å²) >= 11 is 0. The van der Waals surface area contributed by atoms with E-state index < -0.39 is 5.97 Å². The van der Waals surface area contributed by atoms with Crippen molar-refractivity contribution in [3.05, 3.63) is 34.9 Å². The van der Waals surface area contributed by atoms with Crippen molar-refractivity contribution in [2.75, 3.05) is 6.54 Å². The maximum absolute atomic E-state index is 12.1. The number of nitrogens with one attached hydrogen (secondary N) is 1. The normalized spacial score (nSPS) is 16.5. The minimum atomic E-state index is -1.01. The summed E-state index contributed by atoms with van der Waals surface area (Å²) in [5, 5.41) is 11.9. The van der Waals surface area contributed by atoms with E-state index in [0.29, 0.717) is 12.1 Å². The number of hydrogen-bond donors (Lipinski definition) is 2. The number of amides is 1. The molecule has 2 rings (SSSR count). The zero-order valence-corrected chi connectivity index (χ0v) is 11.3. The van der Waals surface area contributed by atoms with Crippen molar-refractivity contribution in [1.29, 1.82) is 0 Å². The summed E-state index contributed by atoms with van der Waals surface area (Å²) in [4.78, 5) is 23.0. The molecule has 0 atom stereocenters. The molecule has 102 valence electrons. The van der Waals surface area contributed by atoms with E-state index in [2.05, 4.69) is 12.2 Å². The molecule has 0 spiro atoms. The molecule has 4 nitrogen and oxygen atoms in total. The quantitative estimate of drug-likeness (QED) is 0.875. The molecular formula is C15H19NO3. The van der Waals surface area contributed by atoms with Crippen molar-refractivity contribution in [3.63, 3.8) is 0 Å². The molecule has 0 aliphatic heterocycles. The lowest BCUT2D eigenvalue weighted by atomic mass is 9.70. The molecule has 0 unspecified atom stereocenters. The Morgan fingerprint density at radius 1 is 1.26 bits per heavy atom. The monoisotopic (exact) mass is 261 g/mol. The van der Waals surface area contributed by atoms with E-state index in [-0.39, 0.29) is 16.9 Å². The predicted octanol–water partition coefficient (Wildman–Crippen LogP) is 2.61. The Bertz CT molecular complexity index is 518. The van der Waals surface area contributed by atoms with Crippen molar-refractivity contribution in [2.45, 2.75) is 33.1 Å². The van der Waals surface area contributed by atoms with Gasteiger partial charge in [0.1, 0.15) is 0 Å². The first kappa shape index (κ1) is 13.6. The molecule has 1 aromatic carbocycles. The zero-order chi connectivity index (χ0) is 14.0. The molecule has 1 aliphatic carbocycles. The van der Waals surface area contributed by atoms with Crippen molar-refractivity contribution in [1.82, 2.24) is 5.32 Å². The lowest BCUT2D eigenvalue weighted by molar-refractivity contribution is 0.0696. The zero-order valence-electron chi connectivity index (χ0n) is 11.3. The minimum absolute atomic E-state index is 0.153. The van der Waals surface area contributed by atoms with E-state index in [9.17, 15) is 9.59 Å². The van der Waals surface area contributed by atoms with Gasteiger partial charge in [-0.1, -0.05) is 13.3 Å². The Morgan fingerprint density at radius 3 is 2.42 bits per heavy atom. The summed E-state index contributed by atoms with van der Waals surface area (Å²) in [6.07, 6.45) is 3.50. The number of carbonyl (C=O) groups is 2. The van der Waals surface area contributed by atoms with Crippen LogP contribution >= 0.6 is 0 Å². The average Bonchev–Trinajstić information content (AvgIpc) is 2.32. The first-order chi connectivity index (χ1) is 8.89. The summed E-state index contributed by atoms with van der Waals surface area (Å²) in [5.74, 6) is -1.21. The number of aryl methyl sites for hydroxylation is 1. The molecule has 2 N–H and O–H groups in total. The molecule has 1 fully saturated rings. The van der Waals surface area contributed by atoms with E-state index in [1.165, 1.54) is 12.5 Å². The topological polar surface area (TPSA) is 66.4 Å². The van der Waals surface area contributed by atoms with Gasteiger partial charge in [-0.15, -0.1) is 0 Å². The molecule has 1 amide bonds. The highest BCUT2D eigenvalue weighted by Gasteiger charge is 2.31. The van der Waals surface area contributed by atoms with Crippen LogP contribution in [0.15, 0.2) is 18.2 Å². The standard InChI is InChI=1S/C15H19NO3/c1-10-6-11(8-12(7-10)14(18)19)13(17)16-9-15(2)4-3-5-15/h6-8H,3-5,9H2,1-2H3,(H,16,17)(H,18,19). The number of hydrogen-bond acceptors (Lipinski definition) is 2. The van der Waals surface area contributed by atoms with Crippen LogP contribution in [0.25, 0.3) is 0 Å². The second-order valence-corrected chi connectivity index (χ2v) is 5.74. The fourth-order valence-electron chi connectivity index (χ4n) is 2.39. The third-order valence-corrected chi connectivity index (χ3v) is 3.82. The molecule has 0 aromatic heterocycles. The highest BCUT2D eigenvalue weighted by Crippen LogP contribution is 2.39. The number of rotatable bonds is 4. The second-order valence-electron chi connectivity index (χ2n) is 5.74. The second kappa shape index (κ2) is 5.03. The van der Waals surface area contributed by atoms with Gasteiger partial charge in [-0.25, -0.2) is 4.79 Å². The van der Waals surface area contributed by atoms with Gasteiger partial charge in [0.25, 0.3) is 5.91 Å². The molecule has 1 saturated carbocycles. The van der Waals surface area contributed by atoms with Crippen LogP contribution in [-0.4, -0.2) is 23.5 Å². The summed E-state index contributed by atoms with van der Waals surface area (Å²) in [6.45, 7) is 4.61. The molecule has 4 heteroatoms. The first-order valence-electron chi connectivity index (χ1n) is 6.53. The SMILES string of the molecule is Cc1cc(C(=O)O)cc(C(=O)NCC2(C)CCC2)c1. The summed E-state index contributed by atoms with van der Waals surface area (Å²) in [6, 6.07) is 4.70. The van der Waals surface area contributed by atoms with Gasteiger partial charge in [0.2, 0.25) is 0 Å². The van der Waals surface area contributed by atoms with Crippen LogP contribution in [0.2, 0.25) is 0 Å². The van der Waals surface area contributed by atoms with Crippen molar-refractivity contribution >= 4 is 11.9 Å². The van der Waals surface area contributed by atoms with Crippen molar-refractivity contribution < 1.29 is 14.7 Å². The van der Waals surface area contributed by atoms with E-state index in [0.717, 1.165) is 18.4 Å². The molecule has 0 heterocycles. The van der Waals surface area contributed by atoms with Crippen LogP contribution in [0.3, 0.4) is 0 Å². The van der Waals surface area contributed by atoms with Crippen molar-refractivity contribution in [2.24, 2.45) is 5.41 Å². The fraction of sp³-hybridized carbons (Fsp3) is 0.467. The molecule has 1 aromatic rings. The van der Waals surface area contributed by atoms with Gasteiger partial charge in [0.05, 0.1) is 5.56 Å². The van der Waals surface area contributed by atoms with Crippen LogP contribution < -0.4 is 5.32 Å². The van der Waals surface area contributed by atoms with E-state index in [4.69, 9.17) is 5.11 Å². The number of carboxylic acid groups (broad SMARTS) is 1. The Kier molecular flexibility index (Phi) is 3.60. The Hall–Kier alpha value is -1.84. The maximum atomic E-state index is 12.1. The fourth-order valence-corrected chi connectivity index (χ4v) is 2.39. The van der Waals surface area contributed by atoms with Gasteiger partial charge in [-0.3, -0.25) is 4.79 Å². The number of benzene rings is 1. The van der Waals surface area contributed by atoms with Gasteiger partial charge >= 0.3 is 5.97 Å². The van der Waals surface area contributed by atoms with E-state index >= 15 is 0 Å². The van der Waals surface area contributed by atoms with Gasteiger partial charge < -0.3 is 10.4 Å². The Labute approximate surface area is 112 Å². The van der Waals surface area contributed by atoms with Gasteiger partial charge in [0, 0.05) is 12.1 Å². The summed E-state index contributed by atoms with van der Waals surface area (Å²) < 4.78 is 0. The predicted molar refractivity (Wildman–Crippen MR) is 72.4 cm³/mol. The average molecular weight is 261 g/mol. The number of aromatic carboxylic acids is 1. The Balaban J connectivity index is 2.08. The molecule has 0 radical (unpaired) electrons. The first-order valence-corrected chi connectivity index (χ1v) is 6.53. The summed E-state index contributed by atoms with van der Waals surface area (Å²) in [5.41, 5.74) is 1.56. The van der Waals surface area contributed by atoms with Gasteiger partial charge in [-0.05, 0) is 48.9 Å². The van der Waals surface area contributed by atoms with Crippen LogP contribution in [0.4, 0.5) is 0 Å². The third-order valence-electron chi connectivity index (χ3n) is 3.82. The largest absolute Gasteiger partial charge is 0.478 e. The molecular weight excluding hydrogens is 242 g/mol. The lowest BCUT2D eigenvalue weighted by Gasteiger charge is -2.38. The molecule has 0 bridgehead atoms. The molecule has 19 heavy (non-hydrogen) atoms. The highest BCUT2D eigenvalue weighted by atomic mass is 16.4. The molecule has 0 saturated heterocycles. The third kappa shape index (κ3) is 3.13. The minimum Gasteiger partial charge on any atom is -0.478 e. The van der Waals surface area contributed by atoms with Gasteiger partial charge in [-0.2, -0.15) is 0 Å². The van der Waals surface area contributed by atoms with Gasteiger partial charge in [0.15, 0.2) is 0 Å². The maximum Gasteiger partial charge on any atom is 0.335 e. The van der Waals surface area contributed by atoms with Crippen LogP contribution in [0.5, 0.6) is 0 Å².